The van der Waals surface area contributed by atoms with E-state index in [0.717, 1.165) is 5.57 Å². The van der Waals surface area contributed by atoms with Crippen molar-refractivity contribution in [2.45, 2.75) is 40.2 Å². The van der Waals surface area contributed by atoms with E-state index in [1.165, 1.54) is 6.08 Å². The summed E-state index contributed by atoms with van der Waals surface area (Å²) in [5, 5.41) is 2.45. The van der Waals surface area contributed by atoms with E-state index in [9.17, 15) is 9.59 Å². The maximum atomic E-state index is 11.2. The van der Waals surface area contributed by atoms with E-state index in [2.05, 4.69) is 5.32 Å². The highest BCUT2D eigenvalue weighted by Crippen LogP contribution is 2.06. The number of nitrogens with one attached hydrogen (secondary N) is 1. The SMILES string of the molecule is CC(C)=CC(=O)NCC(=O)OC(C)(C)C. The monoisotopic (exact) mass is 213 g/mol. The van der Waals surface area contributed by atoms with E-state index in [1.54, 1.807) is 20.8 Å². The quantitative estimate of drug-likeness (QED) is 0.569. The lowest BCUT2D eigenvalue weighted by Crippen LogP contribution is -2.33. The molecule has 0 saturated heterocycles. The van der Waals surface area contributed by atoms with Crippen LogP contribution >= 0.6 is 0 Å². The van der Waals surface area contributed by atoms with Gasteiger partial charge in [-0.05, 0) is 34.6 Å². The largest absolute Gasteiger partial charge is 0.459 e. The molecule has 0 aliphatic heterocycles. The molecule has 0 aromatic carbocycles. The van der Waals surface area contributed by atoms with Crippen LogP contribution < -0.4 is 5.32 Å². The highest BCUT2D eigenvalue weighted by molar-refractivity contribution is 5.90. The molecular weight excluding hydrogens is 194 g/mol. The van der Waals surface area contributed by atoms with Crippen LogP contribution in [0.4, 0.5) is 0 Å². The zero-order chi connectivity index (χ0) is 12.1. The average molecular weight is 213 g/mol. The third-order valence-corrected chi connectivity index (χ3v) is 1.25. The van der Waals surface area contributed by atoms with Crippen LogP contribution in [0.5, 0.6) is 0 Å². The molecule has 0 saturated carbocycles. The lowest BCUT2D eigenvalue weighted by atomic mass is 10.2. The van der Waals surface area contributed by atoms with Crippen molar-refractivity contribution in [2.75, 3.05) is 6.54 Å². The van der Waals surface area contributed by atoms with Gasteiger partial charge in [0, 0.05) is 6.08 Å². The van der Waals surface area contributed by atoms with Gasteiger partial charge in [0.1, 0.15) is 12.1 Å². The summed E-state index contributed by atoms with van der Waals surface area (Å²) in [6.45, 7) is 8.87. The van der Waals surface area contributed by atoms with Crippen LogP contribution in [0.15, 0.2) is 11.6 Å². The molecule has 4 heteroatoms. The molecule has 0 aromatic heterocycles. The van der Waals surface area contributed by atoms with E-state index in [1.807, 2.05) is 13.8 Å². The van der Waals surface area contributed by atoms with Crippen LogP contribution in [-0.4, -0.2) is 24.0 Å². The number of carbonyl (C=O) groups is 2. The number of allylic oxidation sites excluding steroid dienone is 1. The van der Waals surface area contributed by atoms with Gasteiger partial charge in [-0.1, -0.05) is 5.57 Å². The molecule has 0 aliphatic carbocycles. The lowest BCUT2D eigenvalue weighted by molar-refractivity contribution is -0.154. The molecular formula is C11H19NO3. The molecule has 0 aliphatic rings. The van der Waals surface area contributed by atoms with Gasteiger partial charge < -0.3 is 10.1 Å². The minimum Gasteiger partial charge on any atom is -0.459 e. The fraction of sp³-hybridized carbons (Fsp3) is 0.636. The summed E-state index contributed by atoms with van der Waals surface area (Å²) in [5.41, 5.74) is 0.370. The molecule has 0 spiro atoms. The first-order valence-corrected chi connectivity index (χ1v) is 4.85. The first-order chi connectivity index (χ1) is 6.70. The fourth-order valence-corrected chi connectivity index (χ4v) is 0.850. The van der Waals surface area contributed by atoms with E-state index in [4.69, 9.17) is 4.74 Å². The molecule has 0 radical (unpaired) electrons. The third-order valence-electron chi connectivity index (χ3n) is 1.25. The Morgan fingerprint density at radius 3 is 2.20 bits per heavy atom. The van der Waals surface area contributed by atoms with E-state index >= 15 is 0 Å². The maximum Gasteiger partial charge on any atom is 0.325 e. The molecule has 4 nitrogen and oxygen atoms in total. The van der Waals surface area contributed by atoms with Gasteiger partial charge >= 0.3 is 5.97 Å². The number of ether oxygens (including phenoxy) is 1. The first-order valence-electron chi connectivity index (χ1n) is 4.85. The van der Waals surface area contributed by atoms with Crippen molar-refractivity contribution in [3.8, 4) is 0 Å². The van der Waals surface area contributed by atoms with Crippen molar-refractivity contribution < 1.29 is 14.3 Å². The molecule has 0 bridgehead atoms. The second-order valence-corrected chi connectivity index (χ2v) is 4.53. The maximum absolute atomic E-state index is 11.2. The minimum absolute atomic E-state index is 0.0973. The van der Waals surface area contributed by atoms with Crippen molar-refractivity contribution in [3.63, 3.8) is 0 Å². The smallest absolute Gasteiger partial charge is 0.325 e. The van der Waals surface area contributed by atoms with Gasteiger partial charge in [0.15, 0.2) is 0 Å². The summed E-state index contributed by atoms with van der Waals surface area (Å²) < 4.78 is 5.02. The summed E-state index contributed by atoms with van der Waals surface area (Å²) in [5.74, 6) is -0.709. The second kappa shape index (κ2) is 5.53. The molecule has 1 amide bonds. The van der Waals surface area contributed by atoms with Crippen LogP contribution in [-0.2, 0) is 14.3 Å². The van der Waals surface area contributed by atoms with Crippen LogP contribution in [0, 0.1) is 0 Å². The average Bonchev–Trinajstić information content (AvgIpc) is 1.96. The summed E-state index contributed by atoms with van der Waals surface area (Å²) >= 11 is 0. The Morgan fingerprint density at radius 1 is 1.27 bits per heavy atom. The van der Waals surface area contributed by atoms with Crippen LogP contribution in [0.3, 0.4) is 0 Å². The molecule has 0 rings (SSSR count). The van der Waals surface area contributed by atoms with Crippen molar-refractivity contribution in [2.24, 2.45) is 0 Å². The standard InChI is InChI=1S/C11H19NO3/c1-8(2)6-9(13)12-7-10(14)15-11(3,4)5/h6H,7H2,1-5H3,(H,12,13). The molecule has 0 heterocycles. The zero-order valence-electron chi connectivity index (χ0n) is 10.0. The van der Waals surface area contributed by atoms with Gasteiger partial charge in [-0.3, -0.25) is 9.59 Å². The second-order valence-electron chi connectivity index (χ2n) is 4.53. The summed E-state index contributed by atoms with van der Waals surface area (Å²) in [6.07, 6.45) is 1.43. The summed E-state index contributed by atoms with van der Waals surface area (Å²) in [7, 11) is 0. The lowest BCUT2D eigenvalue weighted by Gasteiger charge is -2.19. The molecule has 86 valence electrons. The Kier molecular flexibility index (Phi) is 5.05. The fourth-order valence-electron chi connectivity index (χ4n) is 0.850. The Bertz CT molecular complexity index is 270. The Morgan fingerprint density at radius 2 is 1.80 bits per heavy atom. The number of rotatable bonds is 3. The number of hydrogen-bond acceptors (Lipinski definition) is 3. The predicted octanol–water partition coefficient (Wildman–Crippen LogP) is 1.41. The highest BCUT2D eigenvalue weighted by Gasteiger charge is 2.16. The van der Waals surface area contributed by atoms with E-state index < -0.39 is 11.6 Å². The van der Waals surface area contributed by atoms with Crippen LogP contribution in [0.25, 0.3) is 0 Å². The van der Waals surface area contributed by atoms with Crippen LogP contribution in [0.2, 0.25) is 0 Å². The topological polar surface area (TPSA) is 55.4 Å². The third kappa shape index (κ3) is 9.00. The molecule has 0 fully saturated rings. The van der Waals surface area contributed by atoms with Crippen molar-refractivity contribution >= 4 is 11.9 Å². The summed E-state index contributed by atoms with van der Waals surface area (Å²) in [6, 6.07) is 0. The van der Waals surface area contributed by atoms with Crippen molar-refractivity contribution in [3.05, 3.63) is 11.6 Å². The first kappa shape index (κ1) is 13.7. The number of amides is 1. The van der Waals surface area contributed by atoms with Gasteiger partial charge in [0.2, 0.25) is 5.91 Å². The van der Waals surface area contributed by atoms with Gasteiger partial charge in [-0.15, -0.1) is 0 Å². The van der Waals surface area contributed by atoms with Crippen molar-refractivity contribution in [1.29, 1.82) is 0 Å². The number of esters is 1. The zero-order valence-corrected chi connectivity index (χ0v) is 10.0. The number of carbonyl (C=O) groups excluding carboxylic acids is 2. The molecule has 0 unspecified atom stereocenters. The molecule has 15 heavy (non-hydrogen) atoms. The number of hydrogen-bond donors (Lipinski definition) is 1. The van der Waals surface area contributed by atoms with Gasteiger partial charge in [0.25, 0.3) is 0 Å². The molecule has 0 atom stereocenters. The minimum atomic E-state index is -0.516. The highest BCUT2D eigenvalue weighted by atomic mass is 16.6. The Labute approximate surface area is 90.7 Å². The van der Waals surface area contributed by atoms with Crippen molar-refractivity contribution in [1.82, 2.24) is 5.32 Å². The van der Waals surface area contributed by atoms with E-state index in [0.29, 0.717) is 0 Å². The van der Waals surface area contributed by atoms with Gasteiger partial charge in [0.05, 0.1) is 0 Å². The van der Waals surface area contributed by atoms with E-state index in [-0.39, 0.29) is 12.5 Å². The van der Waals surface area contributed by atoms with Gasteiger partial charge in [-0.25, -0.2) is 0 Å². The molecule has 0 aromatic rings. The Balaban J connectivity index is 3.92. The predicted molar refractivity (Wildman–Crippen MR) is 58.3 cm³/mol. The molecule has 1 N–H and O–H groups in total. The van der Waals surface area contributed by atoms with Crippen LogP contribution in [0.1, 0.15) is 34.6 Å². The normalized spacial score (nSPS) is 10.5. The summed E-state index contributed by atoms with van der Waals surface area (Å²) in [4.78, 5) is 22.3. The Hall–Kier alpha value is -1.32. The van der Waals surface area contributed by atoms with Gasteiger partial charge in [-0.2, -0.15) is 0 Å².